The second-order valence-electron chi connectivity index (χ2n) is 6.99. The maximum Gasteiger partial charge on any atom is 0.348 e. The van der Waals surface area contributed by atoms with Crippen molar-refractivity contribution in [2.45, 2.75) is 38.6 Å². The fraction of sp³-hybridized carbons (Fsp3) is 0.455. The quantitative estimate of drug-likeness (QED) is 0.507. The highest BCUT2D eigenvalue weighted by Gasteiger charge is 2.19. The highest BCUT2D eigenvalue weighted by Crippen LogP contribution is 2.34. The molecule has 0 spiro atoms. The second-order valence-corrected chi connectivity index (χ2v) is 8.13. The molecule has 1 aliphatic rings. The molecule has 0 aliphatic heterocycles. The van der Waals surface area contributed by atoms with Gasteiger partial charge in [0, 0.05) is 23.1 Å². The Kier molecular flexibility index (Phi) is 7.57. The molecule has 8 heteroatoms. The van der Waals surface area contributed by atoms with Crippen molar-refractivity contribution >= 4 is 23.2 Å². The van der Waals surface area contributed by atoms with E-state index >= 15 is 0 Å². The van der Waals surface area contributed by atoms with E-state index in [1.807, 2.05) is 6.07 Å². The molecule has 0 fully saturated rings. The molecule has 0 bridgehead atoms. The van der Waals surface area contributed by atoms with Gasteiger partial charge in [-0.3, -0.25) is 4.79 Å². The molecule has 1 aromatic carbocycles. The third-order valence-corrected chi connectivity index (χ3v) is 6.26. The number of carbonyl (C=O) groups excluding carboxylic acids is 2. The Morgan fingerprint density at radius 1 is 0.933 bits per heavy atom. The van der Waals surface area contributed by atoms with Gasteiger partial charge in [0.2, 0.25) is 0 Å². The molecule has 0 atom stereocenters. The van der Waals surface area contributed by atoms with E-state index in [4.69, 9.17) is 18.9 Å². The number of nitrogens with one attached hydrogen (secondary N) is 1. The van der Waals surface area contributed by atoms with Crippen molar-refractivity contribution in [1.29, 1.82) is 0 Å². The van der Waals surface area contributed by atoms with E-state index < -0.39 is 11.9 Å². The van der Waals surface area contributed by atoms with Crippen molar-refractivity contribution < 1.29 is 28.5 Å². The van der Waals surface area contributed by atoms with Crippen molar-refractivity contribution in [3.05, 3.63) is 39.1 Å². The summed E-state index contributed by atoms with van der Waals surface area (Å²) in [6.45, 7) is -0.135. The fourth-order valence-corrected chi connectivity index (χ4v) is 4.59. The summed E-state index contributed by atoms with van der Waals surface area (Å²) >= 11 is 1.48. The number of benzene rings is 1. The smallest absolute Gasteiger partial charge is 0.348 e. The summed E-state index contributed by atoms with van der Waals surface area (Å²) in [5, 5.41) is 2.74. The number of esters is 1. The lowest BCUT2D eigenvalue weighted by Gasteiger charge is -2.14. The Labute approximate surface area is 180 Å². The van der Waals surface area contributed by atoms with Crippen molar-refractivity contribution in [3.8, 4) is 17.2 Å². The van der Waals surface area contributed by atoms with Gasteiger partial charge in [0.05, 0.1) is 21.3 Å². The van der Waals surface area contributed by atoms with Gasteiger partial charge in [-0.1, -0.05) is 6.42 Å². The minimum absolute atomic E-state index is 0.202. The lowest BCUT2D eigenvalue weighted by Crippen LogP contribution is -2.28. The van der Waals surface area contributed by atoms with Crippen molar-refractivity contribution in [3.63, 3.8) is 0 Å². The summed E-state index contributed by atoms with van der Waals surface area (Å²) in [5.74, 6) is 0.786. The van der Waals surface area contributed by atoms with Crippen LogP contribution in [0.5, 0.6) is 17.2 Å². The summed E-state index contributed by atoms with van der Waals surface area (Å²) < 4.78 is 21.1. The highest BCUT2D eigenvalue weighted by molar-refractivity contribution is 7.14. The Morgan fingerprint density at radius 3 is 2.37 bits per heavy atom. The van der Waals surface area contributed by atoms with E-state index in [0.29, 0.717) is 22.1 Å². The molecular formula is C22H27NO6S. The summed E-state index contributed by atoms with van der Waals surface area (Å²) in [4.78, 5) is 26.4. The second kappa shape index (κ2) is 10.3. The zero-order valence-electron chi connectivity index (χ0n) is 17.5. The number of fused-ring (bicyclic) bond motifs is 1. The van der Waals surface area contributed by atoms with E-state index in [0.717, 1.165) is 31.2 Å². The van der Waals surface area contributed by atoms with Crippen molar-refractivity contribution in [2.75, 3.05) is 27.9 Å². The highest BCUT2D eigenvalue weighted by atomic mass is 32.1. The average molecular weight is 434 g/mol. The third kappa shape index (κ3) is 5.24. The first kappa shape index (κ1) is 22.0. The Morgan fingerprint density at radius 2 is 1.63 bits per heavy atom. The number of amides is 1. The normalized spacial score (nSPS) is 13.0. The van der Waals surface area contributed by atoms with Crippen LogP contribution in [0.2, 0.25) is 0 Å². The number of hydrogen-bond acceptors (Lipinski definition) is 7. The molecule has 30 heavy (non-hydrogen) atoms. The largest absolute Gasteiger partial charge is 0.496 e. The molecule has 1 amide bonds. The van der Waals surface area contributed by atoms with Gasteiger partial charge >= 0.3 is 5.97 Å². The molecule has 3 rings (SSSR count). The summed E-state index contributed by atoms with van der Waals surface area (Å²) in [5.41, 5.74) is 1.96. The number of carbonyl (C=O) groups is 2. The topological polar surface area (TPSA) is 83.1 Å². The monoisotopic (exact) mass is 433 g/mol. The Bertz CT molecular complexity index is 884. The van der Waals surface area contributed by atoms with Crippen LogP contribution < -0.4 is 19.5 Å². The first-order valence-electron chi connectivity index (χ1n) is 9.90. The summed E-state index contributed by atoms with van der Waals surface area (Å²) in [6.07, 6.45) is 5.56. The maximum absolute atomic E-state index is 12.3. The van der Waals surface area contributed by atoms with Crippen LogP contribution in [0.4, 0.5) is 0 Å². The predicted molar refractivity (Wildman–Crippen MR) is 114 cm³/mol. The van der Waals surface area contributed by atoms with Gasteiger partial charge in [-0.2, -0.15) is 0 Å². The molecule has 0 unspecified atom stereocenters. The summed E-state index contributed by atoms with van der Waals surface area (Å²) in [6, 6.07) is 5.35. The van der Waals surface area contributed by atoms with Crippen molar-refractivity contribution in [1.82, 2.24) is 5.32 Å². The first-order valence-corrected chi connectivity index (χ1v) is 10.7. The zero-order chi connectivity index (χ0) is 21.5. The molecule has 0 saturated heterocycles. The number of ether oxygens (including phenoxy) is 4. The van der Waals surface area contributed by atoms with E-state index in [-0.39, 0.29) is 13.2 Å². The van der Waals surface area contributed by atoms with E-state index in [9.17, 15) is 9.59 Å². The van der Waals surface area contributed by atoms with Crippen LogP contribution in [0.3, 0.4) is 0 Å². The van der Waals surface area contributed by atoms with Gasteiger partial charge in [0.25, 0.3) is 5.91 Å². The Balaban J connectivity index is 1.54. The van der Waals surface area contributed by atoms with Crippen LogP contribution in [0.15, 0.2) is 18.2 Å². The number of hydrogen-bond donors (Lipinski definition) is 1. The number of methoxy groups -OCH3 is 3. The predicted octanol–water partition coefficient (Wildman–Crippen LogP) is 3.52. The van der Waals surface area contributed by atoms with Crippen LogP contribution in [0.25, 0.3) is 0 Å². The van der Waals surface area contributed by atoms with E-state index in [2.05, 4.69) is 5.32 Å². The van der Waals surface area contributed by atoms with Crippen LogP contribution >= 0.6 is 11.3 Å². The minimum Gasteiger partial charge on any atom is -0.496 e. The van der Waals surface area contributed by atoms with E-state index in [1.54, 1.807) is 19.2 Å². The number of aryl methyl sites for hydroxylation is 2. The molecule has 1 N–H and O–H groups in total. The molecule has 7 nitrogen and oxygen atoms in total. The van der Waals surface area contributed by atoms with Crippen LogP contribution in [0, 0.1) is 0 Å². The average Bonchev–Trinajstić information content (AvgIpc) is 3.05. The van der Waals surface area contributed by atoms with Crippen LogP contribution in [0.1, 0.15) is 44.9 Å². The number of rotatable bonds is 8. The SMILES string of the molecule is COc1cc(OC)c(OC)cc1CNC(=O)COC(=O)c1cc2c(s1)CCCCC2. The molecule has 1 aliphatic carbocycles. The lowest BCUT2D eigenvalue weighted by atomic mass is 10.1. The van der Waals surface area contributed by atoms with Crippen LogP contribution in [-0.4, -0.2) is 39.8 Å². The molecule has 162 valence electrons. The zero-order valence-corrected chi connectivity index (χ0v) is 18.4. The van der Waals surface area contributed by atoms with Gasteiger partial charge in [0.1, 0.15) is 10.6 Å². The number of thiophene rings is 1. The van der Waals surface area contributed by atoms with Gasteiger partial charge in [-0.25, -0.2) is 4.79 Å². The summed E-state index contributed by atoms with van der Waals surface area (Å²) in [7, 11) is 4.62. The first-order chi connectivity index (χ1) is 14.5. The molecular weight excluding hydrogens is 406 g/mol. The minimum atomic E-state index is -0.452. The molecule has 2 aromatic rings. The maximum atomic E-state index is 12.3. The molecule has 1 aromatic heterocycles. The Hall–Kier alpha value is -2.74. The van der Waals surface area contributed by atoms with Crippen molar-refractivity contribution in [2.24, 2.45) is 0 Å². The lowest BCUT2D eigenvalue weighted by molar-refractivity contribution is -0.124. The van der Waals surface area contributed by atoms with Gasteiger partial charge < -0.3 is 24.3 Å². The van der Waals surface area contributed by atoms with Gasteiger partial charge in [-0.05, 0) is 43.4 Å². The standard InChI is InChI=1S/C22H27NO6S/c1-26-16-11-18(28-3)17(27-2)9-15(16)12-23-21(24)13-29-22(25)20-10-14-7-5-4-6-8-19(14)30-20/h9-11H,4-8,12-13H2,1-3H3,(H,23,24). The fourth-order valence-electron chi connectivity index (χ4n) is 3.45. The van der Waals surface area contributed by atoms with E-state index in [1.165, 1.54) is 42.4 Å². The van der Waals surface area contributed by atoms with Gasteiger partial charge in [-0.15, -0.1) is 11.3 Å². The molecule has 0 radical (unpaired) electrons. The van der Waals surface area contributed by atoms with Gasteiger partial charge in [0.15, 0.2) is 18.1 Å². The van der Waals surface area contributed by atoms with Crippen LogP contribution in [-0.2, 0) is 28.9 Å². The third-order valence-electron chi connectivity index (χ3n) is 5.04. The molecule has 1 heterocycles. The molecule has 0 saturated carbocycles.